The molecule has 0 bridgehead atoms. The average Bonchev–Trinajstić information content (AvgIpc) is 2.58. The maximum atomic E-state index is 12.6. The van der Waals surface area contributed by atoms with Crippen molar-refractivity contribution in [2.45, 2.75) is 34.6 Å². The lowest BCUT2D eigenvalue weighted by molar-refractivity contribution is -0.135. The molecule has 2 rings (SSSR count). The Hall–Kier alpha value is -2.95. The van der Waals surface area contributed by atoms with E-state index in [-0.39, 0.29) is 5.78 Å². The van der Waals surface area contributed by atoms with E-state index in [0.717, 1.165) is 11.1 Å². The molecule has 2 aromatic rings. The van der Waals surface area contributed by atoms with Crippen molar-refractivity contribution in [1.82, 2.24) is 0 Å². The molecule has 2 aromatic carbocycles. The molecule has 0 aliphatic rings. The minimum Gasteiger partial charge on any atom is -0.325 e. The van der Waals surface area contributed by atoms with Gasteiger partial charge in [-0.2, -0.15) is 0 Å². The number of aryl methyl sites for hydroxylation is 2. The molecule has 0 radical (unpaired) electrons. The van der Waals surface area contributed by atoms with Gasteiger partial charge in [0.2, 0.25) is 11.8 Å². The second-order valence-corrected chi connectivity index (χ2v) is 6.97. The average molecular weight is 352 g/mol. The molecule has 0 saturated carbocycles. The van der Waals surface area contributed by atoms with Crippen LogP contribution >= 0.6 is 0 Å². The first kappa shape index (κ1) is 19.4. The van der Waals surface area contributed by atoms with Crippen molar-refractivity contribution >= 4 is 29.0 Å². The van der Waals surface area contributed by atoms with Gasteiger partial charge in [0, 0.05) is 16.9 Å². The normalized spacial score (nSPS) is 11.0. The molecular formula is C21H24N2O3. The van der Waals surface area contributed by atoms with Crippen LogP contribution in [0.4, 0.5) is 11.4 Å². The van der Waals surface area contributed by atoms with Crippen LogP contribution in [0.3, 0.4) is 0 Å². The van der Waals surface area contributed by atoms with Crippen molar-refractivity contribution in [3.63, 3.8) is 0 Å². The molecule has 2 N–H and O–H groups in total. The Bertz CT molecular complexity index is 869. The molecule has 0 aliphatic heterocycles. The molecule has 26 heavy (non-hydrogen) atoms. The zero-order chi connectivity index (χ0) is 19.5. The quantitative estimate of drug-likeness (QED) is 0.628. The van der Waals surface area contributed by atoms with E-state index in [4.69, 9.17) is 0 Å². The van der Waals surface area contributed by atoms with E-state index in [1.165, 1.54) is 6.92 Å². The lowest BCUT2D eigenvalue weighted by Crippen LogP contribution is -2.41. The van der Waals surface area contributed by atoms with E-state index in [9.17, 15) is 14.4 Å². The monoisotopic (exact) mass is 352 g/mol. The zero-order valence-corrected chi connectivity index (χ0v) is 15.8. The van der Waals surface area contributed by atoms with Gasteiger partial charge in [0.15, 0.2) is 5.78 Å². The summed E-state index contributed by atoms with van der Waals surface area (Å²) in [4.78, 5) is 36.7. The van der Waals surface area contributed by atoms with Crippen molar-refractivity contribution in [3.05, 3.63) is 59.2 Å². The highest BCUT2D eigenvalue weighted by Gasteiger charge is 2.36. The Morgan fingerprint density at radius 3 is 1.92 bits per heavy atom. The fourth-order valence-corrected chi connectivity index (χ4v) is 2.31. The highest BCUT2D eigenvalue weighted by atomic mass is 16.2. The van der Waals surface area contributed by atoms with Crippen LogP contribution in [0.5, 0.6) is 0 Å². The van der Waals surface area contributed by atoms with Gasteiger partial charge in [0.25, 0.3) is 0 Å². The minimum atomic E-state index is -1.29. The first-order chi connectivity index (χ1) is 12.1. The van der Waals surface area contributed by atoms with Crippen molar-refractivity contribution < 1.29 is 14.4 Å². The van der Waals surface area contributed by atoms with Gasteiger partial charge >= 0.3 is 0 Å². The number of rotatable bonds is 5. The van der Waals surface area contributed by atoms with E-state index >= 15 is 0 Å². The first-order valence-corrected chi connectivity index (χ1v) is 8.42. The van der Waals surface area contributed by atoms with Crippen molar-refractivity contribution in [2.24, 2.45) is 5.41 Å². The third kappa shape index (κ3) is 4.36. The summed E-state index contributed by atoms with van der Waals surface area (Å²) in [6.07, 6.45) is 0. The van der Waals surface area contributed by atoms with Crippen LogP contribution in [0.15, 0.2) is 42.5 Å². The molecule has 0 saturated heterocycles. The Balaban J connectivity index is 2.13. The number of carbonyl (C=O) groups excluding carboxylic acids is 3. The summed E-state index contributed by atoms with van der Waals surface area (Å²) in [6.45, 7) is 8.54. The molecule has 0 aromatic heterocycles. The number of amides is 2. The van der Waals surface area contributed by atoms with Crippen LogP contribution in [0.2, 0.25) is 0 Å². The molecule has 0 aliphatic carbocycles. The molecule has 5 heteroatoms. The second-order valence-electron chi connectivity index (χ2n) is 6.97. The summed E-state index contributed by atoms with van der Waals surface area (Å²) < 4.78 is 0. The Morgan fingerprint density at radius 1 is 0.808 bits per heavy atom. The summed E-state index contributed by atoms with van der Waals surface area (Å²) >= 11 is 0. The molecule has 5 nitrogen and oxygen atoms in total. The third-order valence-corrected chi connectivity index (χ3v) is 4.43. The van der Waals surface area contributed by atoms with Crippen LogP contribution in [-0.2, 0) is 9.59 Å². The Labute approximate surface area is 153 Å². The van der Waals surface area contributed by atoms with Gasteiger partial charge < -0.3 is 10.6 Å². The van der Waals surface area contributed by atoms with Gasteiger partial charge in [-0.25, -0.2) is 0 Å². The number of anilines is 2. The van der Waals surface area contributed by atoms with Crippen LogP contribution in [-0.4, -0.2) is 17.6 Å². The summed E-state index contributed by atoms with van der Waals surface area (Å²) in [5.41, 5.74) is 2.54. The minimum absolute atomic E-state index is 0.0900. The summed E-state index contributed by atoms with van der Waals surface area (Å²) in [6, 6.07) is 12.2. The van der Waals surface area contributed by atoms with Crippen molar-refractivity contribution in [2.75, 3.05) is 10.6 Å². The number of Topliss-reactive ketones (excluding diaryl/α,β-unsaturated/α-hetero) is 1. The van der Waals surface area contributed by atoms with Crippen molar-refractivity contribution in [3.8, 4) is 0 Å². The van der Waals surface area contributed by atoms with Crippen LogP contribution in [0.25, 0.3) is 0 Å². The van der Waals surface area contributed by atoms with Gasteiger partial charge in [-0.15, -0.1) is 0 Å². The third-order valence-electron chi connectivity index (χ3n) is 4.43. The topological polar surface area (TPSA) is 75.3 Å². The van der Waals surface area contributed by atoms with Gasteiger partial charge in [-0.1, -0.05) is 18.2 Å². The molecule has 2 amide bonds. The maximum Gasteiger partial charge on any atom is 0.239 e. The Kier molecular flexibility index (Phi) is 5.60. The van der Waals surface area contributed by atoms with Crippen molar-refractivity contribution in [1.29, 1.82) is 0 Å². The Morgan fingerprint density at radius 2 is 1.38 bits per heavy atom. The number of hydrogen-bond acceptors (Lipinski definition) is 3. The SMILES string of the molecule is CC(=O)c1cccc(NC(=O)C(C)(C)C(=O)Nc2ccc(C)c(C)c2)c1. The molecule has 0 atom stereocenters. The summed E-state index contributed by atoms with van der Waals surface area (Å²) in [7, 11) is 0. The zero-order valence-electron chi connectivity index (χ0n) is 15.8. The van der Waals surface area contributed by atoms with E-state index in [2.05, 4.69) is 10.6 Å². The lowest BCUT2D eigenvalue weighted by Gasteiger charge is -2.23. The fraction of sp³-hybridized carbons (Fsp3) is 0.286. The second kappa shape index (κ2) is 7.52. The molecule has 0 fully saturated rings. The fourth-order valence-electron chi connectivity index (χ4n) is 2.31. The number of hydrogen-bond donors (Lipinski definition) is 2. The smallest absolute Gasteiger partial charge is 0.239 e. The predicted molar refractivity (Wildman–Crippen MR) is 103 cm³/mol. The van der Waals surface area contributed by atoms with Crippen LogP contribution < -0.4 is 10.6 Å². The summed E-state index contributed by atoms with van der Waals surface area (Å²) in [5, 5.41) is 5.51. The maximum absolute atomic E-state index is 12.6. The standard InChI is InChI=1S/C21H24N2O3/c1-13-9-10-18(11-14(13)2)23-20(26)21(4,5)19(25)22-17-8-6-7-16(12-17)15(3)24/h6-12H,1-5H3,(H,22,25)(H,23,26). The molecule has 136 valence electrons. The first-order valence-electron chi connectivity index (χ1n) is 8.42. The van der Waals surface area contributed by atoms with E-state index < -0.39 is 17.2 Å². The number of benzene rings is 2. The predicted octanol–water partition coefficient (Wildman–Crippen LogP) is 4.11. The van der Waals surface area contributed by atoms with Gasteiger partial charge in [-0.3, -0.25) is 14.4 Å². The molecule has 0 unspecified atom stereocenters. The lowest BCUT2D eigenvalue weighted by atomic mass is 9.90. The molecule has 0 heterocycles. The van der Waals surface area contributed by atoms with Crippen LogP contribution in [0, 0.1) is 19.3 Å². The largest absolute Gasteiger partial charge is 0.325 e. The van der Waals surface area contributed by atoms with E-state index in [1.807, 2.05) is 32.0 Å². The van der Waals surface area contributed by atoms with E-state index in [1.54, 1.807) is 38.1 Å². The molecule has 0 spiro atoms. The van der Waals surface area contributed by atoms with E-state index in [0.29, 0.717) is 16.9 Å². The highest BCUT2D eigenvalue weighted by Crippen LogP contribution is 2.23. The van der Waals surface area contributed by atoms with Gasteiger partial charge in [-0.05, 0) is 70.0 Å². The van der Waals surface area contributed by atoms with Gasteiger partial charge in [0.1, 0.15) is 5.41 Å². The number of ketones is 1. The van der Waals surface area contributed by atoms with Crippen LogP contribution in [0.1, 0.15) is 42.3 Å². The molecular weight excluding hydrogens is 328 g/mol. The highest BCUT2D eigenvalue weighted by molar-refractivity contribution is 6.14. The number of nitrogens with one attached hydrogen (secondary N) is 2. The van der Waals surface area contributed by atoms with Gasteiger partial charge in [0.05, 0.1) is 0 Å². The number of carbonyl (C=O) groups is 3. The summed E-state index contributed by atoms with van der Waals surface area (Å²) in [5.74, 6) is -0.937.